The number of unbranched alkanes of at least 4 members (excludes halogenated alkanes) is 2. The van der Waals surface area contributed by atoms with Gasteiger partial charge in [-0.2, -0.15) is 5.10 Å². The number of para-hydroxylation sites is 2. The number of aryl methyl sites for hydroxylation is 1. The SMILES string of the molecule is CCCCCn1nc(C(=O)Oc2cccc3cccnc23)c2ccccc21. The third-order valence-electron chi connectivity index (χ3n) is 4.62. The number of pyridine rings is 1. The van der Waals surface area contributed by atoms with E-state index in [4.69, 9.17) is 4.74 Å². The number of rotatable bonds is 6. The van der Waals surface area contributed by atoms with Crippen molar-refractivity contribution in [2.24, 2.45) is 0 Å². The van der Waals surface area contributed by atoms with Crippen LogP contribution in [0.5, 0.6) is 5.75 Å². The Kier molecular flexibility index (Phi) is 4.83. The zero-order valence-electron chi connectivity index (χ0n) is 15.3. The molecular weight excluding hydrogens is 338 g/mol. The molecule has 27 heavy (non-hydrogen) atoms. The van der Waals surface area contributed by atoms with Crippen LogP contribution in [-0.4, -0.2) is 20.7 Å². The van der Waals surface area contributed by atoms with Crippen LogP contribution in [0, 0.1) is 0 Å². The smallest absolute Gasteiger partial charge is 0.364 e. The zero-order valence-corrected chi connectivity index (χ0v) is 15.3. The van der Waals surface area contributed by atoms with Crippen LogP contribution in [0.2, 0.25) is 0 Å². The lowest BCUT2D eigenvalue weighted by molar-refractivity contribution is 0.0731. The topological polar surface area (TPSA) is 57.0 Å². The summed E-state index contributed by atoms with van der Waals surface area (Å²) in [5.41, 5.74) is 1.96. The van der Waals surface area contributed by atoms with E-state index in [0.29, 0.717) is 17.0 Å². The molecule has 0 N–H and O–H groups in total. The first-order chi connectivity index (χ1) is 13.3. The second kappa shape index (κ2) is 7.58. The number of hydrogen-bond donors (Lipinski definition) is 0. The maximum Gasteiger partial charge on any atom is 0.364 e. The normalized spacial score (nSPS) is 11.1. The van der Waals surface area contributed by atoms with Crippen molar-refractivity contribution in [3.05, 3.63) is 66.5 Å². The number of benzene rings is 2. The Bertz CT molecular complexity index is 1100. The highest BCUT2D eigenvalue weighted by atomic mass is 16.5. The lowest BCUT2D eigenvalue weighted by Crippen LogP contribution is -2.11. The summed E-state index contributed by atoms with van der Waals surface area (Å²) in [6, 6.07) is 17.1. The van der Waals surface area contributed by atoms with E-state index in [1.807, 2.05) is 53.2 Å². The summed E-state index contributed by atoms with van der Waals surface area (Å²) >= 11 is 0. The van der Waals surface area contributed by atoms with Gasteiger partial charge >= 0.3 is 5.97 Å². The molecule has 0 atom stereocenters. The fraction of sp³-hybridized carbons (Fsp3) is 0.227. The van der Waals surface area contributed by atoms with Crippen LogP contribution in [0.3, 0.4) is 0 Å². The number of hydrogen-bond acceptors (Lipinski definition) is 4. The molecule has 4 rings (SSSR count). The third kappa shape index (κ3) is 3.40. The number of aromatic nitrogens is 3. The van der Waals surface area contributed by atoms with Crippen molar-refractivity contribution in [3.63, 3.8) is 0 Å². The second-order valence-electron chi connectivity index (χ2n) is 6.52. The molecule has 5 heteroatoms. The molecule has 0 spiro atoms. The molecule has 0 bridgehead atoms. The van der Waals surface area contributed by atoms with Gasteiger partial charge in [-0.15, -0.1) is 0 Å². The second-order valence-corrected chi connectivity index (χ2v) is 6.52. The highest BCUT2D eigenvalue weighted by Crippen LogP contribution is 2.25. The molecule has 0 aliphatic rings. The fourth-order valence-electron chi connectivity index (χ4n) is 3.27. The van der Waals surface area contributed by atoms with E-state index in [0.717, 1.165) is 42.1 Å². The Hall–Kier alpha value is -3.21. The predicted molar refractivity (Wildman–Crippen MR) is 106 cm³/mol. The molecule has 136 valence electrons. The van der Waals surface area contributed by atoms with E-state index in [2.05, 4.69) is 17.0 Å². The van der Waals surface area contributed by atoms with Crippen molar-refractivity contribution >= 4 is 27.8 Å². The van der Waals surface area contributed by atoms with Gasteiger partial charge in [-0.25, -0.2) is 4.79 Å². The molecule has 0 radical (unpaired) electrons. The van der Waals surface area contributed by atoms with Gasteiger partial charge < -0.3 is 4.74 Å². The van der Waals surface area contributed by atoms with E-state index >= 15 is 0 Å². The van der Waals surface area contributed by atoms with Crippen LogP contribution in [0.4, 0.5) is 0 Å². The standard InChI is InChI=1S/C22H21N3O2/c1-2-3-6-15-25-18-12-5-4-11-17(18)21(24-25)22(26)27-19-13-7-9-16-10-8-14-23-20(16)19/h4-5,7-14H,2-3,6,15H2,1H3. The van der Waals surface area contributed by atoms with E-state index < -0.39 is 5.97 Å². The van der Waals surface area contributed by atoms with Gasteiger partial charge in [-0.3, -0.25) is 9.67 Å². The van der Waals surface area contributed by atoms with Crippen molar-refractivity contribution in [1.29, 1.82) is 0 Å². The summed E-state index contributed by atoms with van der Waals surface area (Å²) < 4.78 is 7.59. The molecule has 0 amide bonds. The maximum absolute atomic E-state index is 12.9. The minimum absolute atomic E-state index is 0.343. The molecule has 2 aromatic heterocycles. The first-order valence-electron chi connectivity index (χ1n) is 9.29. The average molecular weight is 359 g/mol. The van der Waals surface area contributed by atoms with Crippen LogP contribution in [0.1, 0.15) is 36.7 Å². The van der Waals surface area contributed by atoms with Gasteiger partial charge in [-0.1, -0.05) is 56.2 Å². The van der Waals surface area contributed by atoms with E-state index in [1.54, 1.807) is 12.3 Å². The van der Waals surface area contributed by atoms with Gasteiger partial charge in [-0.05, 0) is 24.6 Å². The van der Waals surface area contributed by atoms with Gasteiger partial charge in [0.1, 0.15) is 5.52 Å². The van der Waals surface area contributed by atoms with E-state index in [9.17, 15) is 4.79 Å². The van der Waals surface area contributed by atoms with Crippen LogP contribution >= 0.6 is 0 Å². The molecular formula is C22H21N3O2. The monoisotopic (exact) mass is 359 g/mol. The summed E-state index contributed by atoms with van der Waals surface area (Å²) in [6.45, 7) is 2.96. The highest BCUT2D eigenvalue weighted by molar-refractivity contribution is 6.03. The van der Waals surface area contributed by atoms with E-state index in [1.165, 1.54) is 0 Å². The Labute approximate surface area is 157 Å². The lowest BCUT2D eigenvalue weighted by Gasteiger charge is -2.05. The molecule has 0 saturated heterocycles. The van der Waals surface area contributed by atoms with Gasteiger partial charge in [0.25, 0.3) is 0 Å². The van der Waals surface area contributed by atoms with Gasteiger partial charge in [0.05, 0.1) is 5.52 Å². The maximum atomic E-state index is 12.9. The largest absolute Gasteiger partial charge is 0.419 e. The Morgan fingerprint density at radius 2 is 1.89 bits per heavy atom. The van der Waals surface area contributed by atoms with Crippen molar-refractivity contribution in [3.8, 4) is 5.75 Å². The van der Waals surface area contributed by atoms with Crippen LogP contribution in [0.15, 0.2) is 60.8 Å². The molecule has 0 fully saturated rings. The number of carbonyl (C=O) groups excluding carboxylic acids is 1. The molecule has 5 nitrogen and oxygen atoms in total. The Balaban J connectivity index is 1.68. The number of carbonyl (C=O) groups is 1. The molecule has 4 aromatic rings. The molecule has 0 aliphatic carbocycles. The Morgan fingerprint density at radius 1 is 1.04 bits per heavy atom. The molecule has 2 heterocycles. The zero-order chi connectivity index (χ0) is 18.6. The molecule has 0 unspecified atom stereocenters. The summed E-state index contributed by atoms with van der Waals surface area (Å²) in [6.07, 6.45) is 5.00. The van der Waals surface area contributed by atoms with Crippen molar-refractivity contribution in [2.45, 2.75) is 32.7 Å². The minimum Gasteiger partial charge on any atom is -0.419 e. The van der Waals surface area contributed by atoms with Gasteiger partial charge in [0, 0.05) is 23.5 Å². The lowest BCUT2D eigenvalue weighted by atomic mass is 10.2. The van der Waals surface area contributed by atoms with Gasteiger partial charge in [0.15, 0.2) is 11.4 Å². The predicted octanol–water partition coefficient (Wildman–Crippen LogP) is 4.99. The molecule has 0 saturated carbocycles. The first kappa shape index (κ1) is 17.2. The van der Waals surface area contributed by atoms with Crippen molar-refractivity contribution in [2.75, 3.05) is 0 Å². The first-order valence-corrected chi connectivity index (χ1v) is 9.29. The van der Waals surface area contributed by atoms with Crippen LogP contribution in [0.25, 0.3) is 21.8 Å². The van der Waals surface area contributed by atoms with Gasteiger partial charge in [0.2, 0.25) is 0 Å². The molecule has 0 aliphatic heterocycles. The summed E-state index contributed by atoms with van der Waals surface area (Å²) in [5.74, 6) is -0.0127. The van der Waals surface area contributed by atoms with E-state index in [-0.39, 0.29) is 0 Å². The van der Waals surface area contributed by atoms with Crippen molar-refractivity contribution < 1.29 is 9.53 Å². The highest BCUT2D eigenvalue weighted by Gasteiger charge is 2.20. The van der Waals surface area contributed by atoms with Crippen molar-refractivity contribution in [1.82, 2.24) is 14.8 Å². The summed E-state index contributed by atoms with van der Waals surface area (Å²) in [4.78, 5) is 17.2. The number of nitrogens with zero attached hydrogens (tertiary/aromatic N) is 3. The fourth-order valence-corrected chi connectivity index (χ4v) is 3.27. The molecule has 2 aromatic carbocycles. The number of fused-ring (bicyclic) bond motifs is 2. The minimum atomic E-state index is -0.460. The number of esters is 1. The Morgan fingerprint density at radius 3 is 2.78 bits per heavy atom. The summed E-state index contributed by atoms with van der Waals surface area (Å²) in [5, 5.41) is 6.30. The third-order valence-corrected chi connectivity index (χ3v) is 4.62. The average Bonchev–Trinajstić information content (AvgIpc) is 3.08. The van der Waals surface area contributed by atoms with Crippen LogP contribution < -0.4 is 4.74 Å². The quantitative estimate of drug-likeness (QED) is 0.276. The summed E-state index contributed by atoms with van der Waals surface area (Å²) in [7, 11) is 0. The van der Waals surface area contributed by atoms with Crippen LogP contribution in [-0.2, 0) is 6.54 Å². The number of ether oxygens (including phenoxy) is 1.